The highest BCUT2D eigenvalue weighted by Crippen LogP contribution is 2.06. The Labute approximate surface area is 98.5 Å². The van der Waals surface area contributed by atoms with Crippen LogP contribution in [-0.4, -0.2) is 22.3 Å². The van der Waals surface area contributed by atoms with Gasteiger partial charge in [0.25, 0.3) is 5.91 Å². The zero-order valence-corrected chi connectivity index (χ0v) is 9.65. The van der Waals surface area contributed by atoms with Crippen LogP contribution >= 0.6 is 0 Å². The molecule has 1 aromatic rings. The van der Waals surface area contributed by atoms with Crippen LogP contribution in [0.15, 0.2) is 18.2 Å². The summed E-state index contributed by atoms with van der Waals surface area (Å²) in [7, 11) is 0. The number of carbonyl (C=O) groups excluding carboxylic acids is 2. The summed E-state index contributed by atoms with van der Waals surface area (Å²) in [6, 6.07) is 4.73. The molecule has 0 aromatic carbocycles. The first-order valence-corrected chi connectivity index (χ1v) is 4.93. The van der Waals surface area contributed by atoms with Crippen LogP contribution in [0, 0.1) is 0 Å². The zero-order valence-electron chi connectivity index (χ0n) is 9.65. The summed E-state index contributed by atoms with van der Waals surface area (Å²) in [5, 5.41) is 2.48. The predicted molar refractivity (Wildman–Crippen MR) is 62.8 cm³/mol. The topological polar surface area (TPSA) is 123 Å². The Bertz CT molecular complexity index is 444. The third-order valence-electron chi connectivity index (χ3n) is 2.17. The van der Waals surface area contributed by atoms with Crippen molar-refractivity contribution in [3.05, 3.63) is 23.9 Å². The van der Waals surface area contributed by atoms with Crippen molar-refractivity contribution in [1.82, 2.24) is 10.3 Å². The molecule has 1 aromatic heterocycles. The van der Waals surface area contributed by atoms with Crippen molar-refractivity contribution in [2.45, 2.75) is 19.4 Å². The normalized spacial score (nSPS) is 10.8. The molecular formula is C10H15N5O2. The third-order valence-corrected chi connectivity index (χ3v) is 2.17. The molecule has 17 heavy (non-hydrogen) atoms. The maximum absolute atomic E-state index is 11.8. The van der Waals surface area contributed by atoms with Crippen molar-refractivity contribution in [3.63, 3.8) is 0 Å². The van der Waals surface area contributed by atoms with Crippen LogP contribution in [0.3, 0.4) is 0 Å². The smallest absolute Gasteiger partial charge is 0.270 e. The fourth-order valence-electron chi connectivity index (χ4n) is 1.05. The van der Waals surface area contributed by atoms with E-state index in [1.165, 1.54) is 19.9 Å². The van der Waals surface area contributed by atoms with E-state index in [4.69, 9.17) is 11.6 Å². The Balaban J connectivity index is 2.86. The number of nitrogens with one attached hydrogen (secondary N) is 2. The minimum atomic E-state index is -1.13. The molecule has 0 atom stereocenters. The second kappa shape index (κ2) is 4.79. The maximum atomic E-state index is 11.8. The predicted octanol–water partition coefficient (Wildman–Crippen LogP) is -0.639. The quantitative estimate of drug-likeness (QED) is 0.409. The van der Waals surface area contributed by atoms with Gasteiger partial charge in [0.2, 0.25) is 5.91 Å². The monoisotopic (exact) mass is 237 g/mol. The summed E-state index contributed by atoms with van der Waals surface area (Å²) in [5.41, 5.74) is 6.49. The molecule has 0 bridgehead atoms. The zero-order chi connectivity index (χ0) is 13.1. The van der Waals surface area contributed by atoms with Crippen molar-refractivity contribution >= 4 is 17.6 Å². The summed E-state index contributed by atoms with van der Waals surface area (Å²) < 4.78 is 0. The van der Waals surface area contributed by atoms with Gasteiger partial charge in [0.05, 0.1) is 0 Å². The highest BCUT2D eigenvalue weighted by Gasteiger charge is 2.27. The number of rotatable bonds is 4. The number of nitrogens with zero attached hydrogens (tertiary/aromatic N) is 1. The molecule has 7 nitrogen and oxygen atoms in total. The molecule has 6 N–H and O–H groups in total. The number of primary amides is 1. The van der Waals surface area contributed by atoms with Gasteiger partial charge >= 0.3 is 0 Å². The summed E-state index contributed by atoms with van der Waals surface area (Å²) in [6.07, 6.45) is 0. The number of hydrazine groups is 1. The molecule has 1 heterocycles. The first-order valence-electron chi connectivity index (χ1n) is 4.93. The average molecular weight is 237 g/mol. The van der Waals surface area contributed by atoms with Crippen LogP contribution in [0.1, 0.15) is 24.3 Å². The van der Waals surface area contributed by atoms with Gasteiger partial charge in [-0.1, -0.05) is 6.07 Å². The van der Waals surface area contributed by atoms with Crippen molar-refractivity contribution in [2.24, 2.45) is 11.6 Å². The fourth-order valence-corrected chi connectivity index (χ4v) is 1.05. The molecule has 0 aliphatic heterocycles. The Morgan fingerprint density at radius 3 is 2.53 bits per heavy atom. The lowest BCUT2D eigenvalue weighted by molar-refractivity contribution is -0.122. The molecule has 0 aliphatic carbocycles. The van der Waals surface area contributed by atoms with Gasteiger partial charge in [0, 0.05) is 0 Å². The van der Waals surface area contributed by atoms with Gasteiger partial charge in [-0.05, 0) is 26.0 Å². The number of nitrogen functional groups attached to an aromatic ring is 1. The molecule has 7 heteroatoms. The van der Waals surface area contributed by atoms with Crippen LogP contribution in [0.4, 0.5) is 5.82 Å². The molecule has 0 unspecified atom stereocenters. The molecule has 92 valence electrons. The fraction of sp³-hybridized carbons (Fsp3) is 0.300. The summed E-state index contributed by atoms with van der Waals surface area (Å²) in [6.45, 7) is 3.02. The molecule has 0 saturated carbocycles. The molecule has 0 radical (unpaired) electrons. The minimum Gasteiger partial charge on any atom is -0.368 e. The molecule has 0 saturated heterocycles. The van der Waals surface area contributed by atoms with E-state index in [2.05, 4.69) is 15.7 Å². The lowest BCUT2D eigenvalue weighted by atomic mass is 10.1. The van der Waals surface area contributed by atoms with E-state index < -0.39 is 17.4 Å². The number of amides is 2. The highest BCUT2D eigenvalue weighted by atomic mass is 16.2. The molecular weight excluding hydrogens is 222 g/mol. The SMILES string of the molecule is CC(C)(NC(=O)c1cccc(NN)n1)C(N)=O. The first kappa shape index (κ1) is 12.9. The molecule has 0 fully saturated rings. The van der Waals surface area contributed by atoms with Crippen molar-refractivity contribution in [2.75, 3.05) is 5.43 Å². The lowest BCUT2D eigenvalue weighted by Crippen LogP contribution is -2.53. The van der Waals surface area contributed by atoms with E-state index in [1.807, 2.05) is 0 Å². The van der Waals surface area contributed by atoms with Gasteiger partial charge < -0.3 is 16.5 Å². The standard InChI is InChI=1S/C10H15N5O2/c1-10(2,9(11)17)14-8(16)6-4-3-5-7(13-6)15-12/h3-5H,12H2,1-2H3,(H2,11,17)(H,13,15)(H,14,16). The van der Waals surface area contributed by atoms with Crippen molar-refractivity contribution < 1.29 is 9.59 Å². The Morgan fingerprint density at radius 1 is 1.35 bits per heavy atom. The number of hydrogen-bond donors (Lipinski definition) is 4. The van der Waals surface area contributed by atoms with Crippen LogP contribution in [0.5, 0.6) is 0 Å². The number of hydrogen-bond acceptors (Lipinski definition) is 5. The first-order chi connectivity index (χ1) is 7.86. The van der Waals surface area contributed by atoms with Crippen LogP contribution in [0.2, 0.25) is 0 Å². The van der Waals surface area contributed by atoms with E-state index in [0.717, 1.165) is 0 Å². The molecule has 0 aliphatic rings. The number of nitrogens with two attached hydrogens (primary N) is 2. The lowest BCUT2D eigenvalue weighted by Gasteiger charge is -2.21. The second-order valence-electron chi connectivity index (χ2n) is 4.00. The van der Waals surface area contributed by atoms with E-state index in [-0.39, 0.29) is 5.69 Å². The van der Waals surface area contributed by atoms with Crippen LogP contribution in [0.25, 0.3) is 0 Å². The van der Waals surface area contributed by atoms with Gasteiger partial charge in [-0.2, -0.15) is 0 Å². The van der Waals surface area contributed by atoms with E-state index in [1.54, 1.807) is 12.1 Å². The Hall–Kier alpha value is -2.15. The average Bonchev–Trinajstić information content (AvgIpc) is 2.28. The highest BCUT2D eigenvalue weighted by molar-refractivity contribution is 5.97. The summed E-state index contributed by atoms with van der Waals surface area (Å²) in [5.74, 6) is 4.41. The summed E-state index contributed by atoms with van der Waals surface area (Å²) >= 11 is 0. The summed E-state index contributed by atoms with van der Waals surface area (Å²) in [4.78, 5) is 26.8. The van der Waals surface area contributed by atoms with Crippen molar-refractivity contribution in [3.8, 4) is 0 Å². The van der Waals surface area contributed by atoms with Gasteiger partial charge in [0.15, 0.2) is 0 Å². The van der Waals surface area contributed by atoms with Crippen molar-refractivity contribution in [1.29, 1.82) is 0 Å². The molecule has 2 amide bonds. The van der Waals surface area contributed by atoms with Crippen LogP contribution in [-0.2, 0) is 4.79 Å². The van der Waals surface area contributed by atoms with Gasteiger partial charge in [-0.3, -0.25) is 9.59 Å². The van der Waals surface area contributed by atoms with E-state index >= 15 is 0 Å². The number of aromatic nitrogens is 1. The Kier molecular flexibility index (Phi) is 3.64. The third kappa shape index (κ3) is 3.15. The van der Waals surface area contributed by atoms with Gasteiger partial charge in [-0.25, -0.2) is 10.8 Å². The van der Waals surface area contributed by atoms with Gasteiger partial charge in [0.1, 0.15) is 17.1 Å². The van der Waals surface area contributed by atoms with E-state index in [9.17, 15) is 9.59 Å². The van der Waals surface area contributed by atoms with Crippen LogP contribution < -0.4 is 22.3 Å². The number of pyridine rings is 1. The number of anilines is 1. The second-order valence-corrected chi connectivity index (χ2v) is 4.00. The minimum absolute atomic E-state index is 0.148. The van der Waals surface area contributed by atoms with E-state index in [0.29, 0.717) is 5.82 Å². The molecule has 0 spiro atoms. The van der Waals surface area contributed by atoms with Gasteiger partial charge in [-0.15, -0.1) is 0 Å². The maximum Gasteiger partial charge on any atom is 0.270 e. The Morgan fingerprint density at radius 2 is 2.00 bits per heavy atom. The molecule has 1 rings (SSSR count). The largest absolute Gasteiger partial charge is 0.368 e. The number of carbonyl (C=O) groups is 2.